The molecule has 1 saturated heterocycles. The Balaban J connectivity index is 1.83. The first-order valence-corrected chi connectivity index (χ1v) is 7.73. The number of carbonyl (C=O) groups excluding carboxylic acids is 1. The molecule has 1 amide bonds. The maximum absolute atomic E-state index is 12.2. The number of aliphatic hydroxyl groups is 1. The van der Waals surface area contributed by atoms with Crippen LogP contribution in [0.15, 0.2) is 28.7 Å². The Morgan fingerprint density at radius 3 is 2.70 bits per heavy atom. The fourth-order valence-corrected chi connectivity index (χ4v) is 2.83. The molecule has 1 heterocycles. The van der Waals surface area contributed by atoms with Crippen LogP contribution in [-0.4, -0.2) is 53.6 Å². The molecule has 0 unspecified atom stereocenters. The quantitative estimate of drug-likeness (QED) is 0.909. The van der Waals surface area contributed by atoms with Crippen LogP contribution in [0.4, 0.5) is 0 Å². The highest BCUT2D eigenvalue weighted by atomic mass is 79.9. The number of rotatable bonds is 4. The van der Waals surface area contributed by atoms with Crippen molar-refractivity contribution in [3.63, 3.8) is 0 Å². The van der Waals surface area contributed by atoms with Crippen molar-refractivity contribution >= 4 is 21.8 Å². The van der Waals surface area contributed by atoms with Crippen molar-refractivity contribution in [3.05, 3.63) is 34.3 Å². The number of amides is 1. The van der Waals surface area contributed by atoms with E-state index in [-0.39, 0.29) is 12.0 Å². The van der Waals surface area contributed by atoms with Gasteiger partial charge in [-0.15, -0.1) is 0 Å². The zero-order valence-corrected chi connectivity index (χ0v) is 13.3. The Hall–Kier alpha value is -0.910. The second-order valence-corrected chi connectivity index (χ2v) is 6.23. The van der Waals surface area contributed by atoms with Gasteiger partial charge in [0.25, 0.3) is 0 Å². The lowest BCUT2D eigenvalue weighted by molar-refractivity contribution is -0.134. The molecule has 2 rings (SSSR count). The predicted molar refractivity (Wildman–Crippen MR) is 82.3 cm³/mol. The van der Waals surface area contributed by atoms with E-state index in [0.717, 1.165) is 11.0 Å². The molecule has 0 bridgehead atoms. The van der Waals surface area contributed by atoms with E-state index in [0.29, 0.717) is 32.5 Å². The van der Waals surface area contributed by atoms with Crippen molar-refractivity contribution in [2.45, 2.75) is 25.5 Å². The maximum Gasteiger partial charge on any atom is 0.236 e. The normalized spacial score (nSPS) is 16.7. The van der Waals surface area contributed by atoms with E-state index in [1.165, 1.54) is 5.56 Å². The van der Waals surface area contributed by atoms with E-state index in [4.69, 9.17) is 0 Å². The lowest BCUT2D eigenvalue weighted by atomic mass is 10.1. The predicted octanol–water partition coefficient (Wildman–Crippen LogP) is 1.86. The van der Waals surface area contributed by atoms with E-state index in [1.807, 2.05) is 35.0 Å². The largest absolute Gasteiger partial charge is 0.393 e. The minimum absolute atomic E-state index is 0.145. The lowest BCUT2D eigenvalue weighted by Crippen LogP contribution is -2.44. The average molecular weight is 341 g/mol. The number of benzene rings is 1. The zero-order valence-electron chi connectivity index (χ0n) is 11.8. The van der Waals surface area contributed by atoms with Crippen LogP contribution >= 0.6 is 15.9 Å². The van der Waals surface area contributed by atoms with Gasteiger partial charge in [0, 0.05) is 24.1 Å². The summed E-state index contributed by atoms with van der Waals surface area (Å²) in [5, 5.41) is 9.46. The van der Waals surface area contributed by atoms with Crippen LogP contribution in [0.2, 0.25) is 0 Å². The van der Waals surface area contributed by atoms with Crippen LogP contribution in [0.3, 0.4) is 0 Å². The SMILES string of the molecule is CN(CC(=O)N1CCC(O)CC1)Cc1ccccc1Br. The maximum atomic E-state index is 12.2. The van der Waals surface area contributed by atoms with E-state index in [9.17, 15) is 9.90 Å². The Morgan fingerprint density at radius 1 is 1.40 bits per heavy atom. The first-order chi connectivity index (χ1) is 9.56. The molecule has 1 aliphatic heterocycles. The molecule has 1 fully saturated rings. The number of hydrogen-bond acceptors (Lipinski definition) is 3. The zero-order chi connectivity index (χ0) is 14.5. The summed E-state index contributed by atoms with van der Waals surface area (Å²) < 4.78 is 1.07. The standard InChI is InChI=1S/C15H21BrN2O2/c1-17(10-12-4-2-3-5-14(12)16)11-15(20)18-8-6-13(19)7-9-18/h2-5,13,19H,6-11H2,1H3. The summed E-state index contributed by atoms with van der Waals surface area (Å²) in [6, 6.07) is 8.05. The van der Waals surface area contributed by atoms with Crippen LogP contribution in [0, 0.1) is 0 Å². The van der Waals surface area contributed by atoms with Gasteiger partial charge >= 0.3 is 0 Å². The topological polar surface area (TPSA) is 43.8 Å². The van der Waals surface area contributed by atoms with Gasteiger partial charge < -0.3 is 10.0 Å². The molecule has 4 nitrogen and oxygen atoms in total. The van der Waals surface area contributed by atoms with Crippen molar-refractivity contribution in [2.24, 2.45) is 0 Å². The van der Waals surface area contributed by atoms with Crippen LogP contribution in [0.1, 0.15) is 18.4 Å². The number of likely N-dealkylation sites (N-methyl/N-ethyl adjacent to an activating group) is 1. The molecule has 1 N–H and O–H groups in total. The number of likely N-dealkylation sites (tertiary alicyclic amines) is 1. The number of nitrogens with zero attached hydrogens (tertiary/aromatic N) is 2. The summed E-state index contributed by atoms with van der Waals surface area (Å²) in [7, 11) is 1.95. The second-order valence-electron chi connectivity index (χ2n) is 5.38. The number of carbonyl (C=O) groups is 1. The molecule has 1 aliphatic rings. The molecular weight excluding hydrogens is 320 g/mol. The highest BCUT2D eigenvalue weighted by Gasteiger charge is 2.22. The van der Waals surface area contributed by atoms with Gasteiger partial charge in [-0.3, -0.25) is 9.69 Å². The van der Waals surface area contributed by atoms with Crippen molar-refractivity contribution in [1.82, 2.24) is 9.80 Å². The van der Waals surface area contributed by atoms with Crippen LogP contribution in [0.5, 0.6) is 0 Å². The molecule has 0 saturated carbocycles. The van der Waals surface area contributed by atoms with Gasteiger partial charge in [-0.25, -0.2) is 0 Å². The monoisotopic (exact) mass is 340 g/mol. The molecule has 110 valence electrons. The third-order valence-electron chi connectivity index (χ3n) is 3.62. The lowest BCUT2D eigenvalue weighted by Gasteiger charge is -2.31. The van der Waals surface area contributed by atoms with Crippen LogP contribution in [0.25, 0.3) is 0 Å². The summed E-state index contributed by atoms with van der Waals surface area (Å²) in [6.07, 6.45) is 1.15. The fraction of sp³-hybridized carbons (Fsp3) is 0.533. The number of hydrogen-bond donors (Lipinski definition) is 1. The molecule has 5 heteroatoms. The Labute approximate surface area is 128 Å². The highest BCUT2D eigenvalue weighted by Crippen LogP contribution is 2.17. The summed E-state index contributed by atoms with van der Waals surface area (Å²) in [5.41, 5.74) is 1.18. The average Bonchev–Trinajstić information content (AvgIpc) is 2.42. The van der Waals surface area contributed by atoms with Crippen LogP contribution in [-0.2, 0) is 11.3 Å². The summed E-state index contributed by atoms with van der Waals surface area (Å²) in [5.74, 6) is 0.145. The molecule has 1 aromatic rings. The first kappa shape index (κ1) is 15.5. The minimum atomic E-state index is -0.239. The number of aliphatic hydroxyl groups excluding tert-OH is 1. The van der Waals surface area contributed by atoms with E-state index >= 15 is 0 Å². The van der Waals surface area contributed by atoms with Gasteiger partial charge in [0.05, 0.1) is 12.6 Å². The van der Waals surface area contributed by atoms with Gasteiger partial charge in [-0.1, -0.05) is 34.1 Å². The van der Waals surface area contributed by atoms with Crippen molar-refractivity contribution in [1.29, 1.82) is 0 Å². The molecule has 1 aromatic carbocycles. The highest BCUT2D eigenvalue weighted by molar-refractivity contribution is 9.10. The molecule has 0 aromatic heterocycles. The summed E-state index contributed by atoms with van der Waals surface area (Å²) in [4.78, 5) is 16.1. The van der Waals surface area contributed by atoms with Gasteiger partial charge in [0.2, 0.25) is 5.91 Å². The molecule has 0 radical (unpaired) electrons. The number of piperidine rings is 1. The summed E-state index contributed by atoms with van der Waals surface area (Å²) >= 11 is 3.52. The Bertz CT molecular complexity index is 459. The molecular formula is C15H21BrN2O2. The van der Waals surface area contributed by atoms with Gasteiger partial charge in [0.15, 0.2) is 0 Å². The van der Waals surface area contributed by atoms with E-state index in [1.54, 1.807) is 0 Å². The molecule has 0 aliphatic carbocycles. The van der Waals surface area contributed by atoms with E-state index in [2.05, 4.69) is 22.0 Å². The van der Waals surface area contributed by atoms with Crippen LogP contribution < -0.4 is 0 Å². The molecule has 0 atom stereocenters. The minimum Gasteiger partial charge on any atom is -0.393 e. The molecule has 20 heavy (non-hydrogen) atoms. The number of halogens is 1. The Morgan fingerprint density at radius 2 is 2.05 bits per heavy atom. The molecule has 0 spiro atoms. The van der Waals surface area contributed by atoms with Gasteiger partial charge in [0.1, 0.15) is 0 Å². The van der Waals surface area contributed by atoms with Crippen molar-refractivity contribution in [3.8, 4) is 0 Å². The van der Waals surface area contributed by atoms with Crippen molar-refractivity contribution in [2.75, 3.05) is 26.7 Å². The first-order valence-electron chi connectivity index (χ1n) is 6.94. The smallest absolute Gasteiger partial charge is 0.236 e. The fourth-order valence-electron chi connectivity index (χ4n) is 2.42. The van der Waals surface area contributed by atoms with Gasteiger partial charge in [-0.2, -0.15) is 0 Å². The third kappa shape index (κ3) is 4.30. The van der Waals surface area contributed by atoms with E-state index < -0.39 is 0 Å². The Kier molecular flexibility index (Phi) is 5.57. The van der Waals surface area contributed by atoms with Crippen molar-refractivity contribution < 1.29 is 9.90 Å². The summed E-state index contributed by atoms with van der Waals surface area (Å²) in [6.45, 7) is 2.49. The van der Waals surface area contributed by atoms with Gasteiger partial charge in [-0.05, 0) is 31.5 Å². The second kappa shape index (κ2) is 7.20. The third-order valence-corrected chi connectivity index (χ3v) is 4.39.